The summed E-state index contributed by atoms with van der Waals surface area (Å²) in [5.41, 5.74) is 2.84. The third kappa shape index (κ3) is 5.09. The first kappa shape index (κ1) is 24.2. The molecule has 34 heavy (non-hydrogen) atoms. The summed E-state index contributed by atoms with van der Waals surface area (Å²) in [5, 5.41) is 11.5. The molecular weight excluding hydrogens is 454 g/mol. The van der Waals surface area contributed by atoms with Crippen LogP contribution in [0.3, 0.4) is 0 Å². The number of aromatic carboxylic acids is 1. The van der Waals surface area contributed by atoms with Crippen LogP contribution in [0.1, 0.15) is 42.1 Å². The van der Waals surface area contributed by atoms with Crippen LogP contribution in [0.15, 0.2) is 46.7 Å². The van der Waals surface area contributed by atoms with Gasteiger partial charge in [-0.15, -0.1) is 11.3 Å². The Morgan fingerprint density at radius 3 is 2.74 bits per heavy atom. The average Bonchev–Trinajstić information content (AvgIpc) is 3.34. The van der Waals surface area contributed by atoms with E-state index in [1.807, 2.05) is 35.9 Å². The summed E-state index contributed by atoms with van der Waals surface area (Å²) < 4.78 is 19.2. The van der Waals surface area contributed by atoms with Gasteiger partial charge < -0.3 is 23.9 Å². The first-order valence-corrected chi connectivity index (χ1v) is 12.2. The second-order valence-electron chi connectivity index (χ2n) is 8.58. The van der Waals surface area contributed by atoms with Crippen LogP contribution in [-0.4, -0.2) is 48.7 Å². The second kappa shape index (κ2) is 10.5. The molecule has 7 nitrogen and oxygen atoms in total. The summed E-state index contributed by atoms with van der Waals surface area (Å²) in [5.74, 6) is -0.460. The highest BCUT2D eigenvalue weighted by Gasteiger charge is 2.29. The number of hydrogen-bond donors (Lipinski definition) is 1. The SMILES string of the molecule is COCCCOc1cc2c(cc1-c1cccs1)-c1cc(=O)c(C(=O)O)cn1C[C@@H]2COC(C)C. The predicted molar refractivity (Wildman–Crippen MR) is 132 cm³/mol. The van der Waals surface area contributed by atoms with E-state index in [1.165, 1.54) is 12.3 Å². The number of hydrogen-bond acceptors (Lipinski definition) is 6. The number of fused-ring (bicyclic) bond motifs is 3. The van der Waals surface area contributed by atoms with Gasteiger partial charge in [0.05, 0.1) is 25.0 Å². The van der Waals surface area contributed by atoms with Crippen LogP contribution in [0, 0.1) is 0 Å². The molecule has 3 heterocycles. The largest absolute Gasteiger partial charge is 0.493 e. The number of rotatable bonds is 10. The molecule has 2 aromatic heterocycles. The van der Waals surface area contributed by atoms with Crippen molar-refractivity contribution in [2.24, 2.45) is 0 Å². The lowest BCUT2D eigenvalue weighted by Crippen LogP contribution is -2.27. The monoisotopic (exact) mass is 483 g/mol. The Labute approximate surface area is 202 Å². The van der Waals surface area contributed by atoms with E-state index in [9.17, 15) is 14.7 Å². The third-order valence-electron chi connectivity index (χ3n) is 5.81. The molecule has 1 aliphatic rings. The smallest absolute Gasteiger partial charge is 0.341 e. The maximum Gasteiger partial charge on any atom is 0.341 e. The lowest BCUT2D eigenvalue weighted by molar-refractivity contribution is 0.0636. The first-order chi connectivity index (χ1) is 16.4. The van der Waals surface area contributed by atoms with Crippen molar-refractivity contribution in [1.29, 1.82) is 0 Å². The molecule has 1 N–H and O–H groups in total. The molecule has 0 unspecified atom stereocenters. The predicted octanol–water partition coefficient (Wildman–Crippen LogP) is 4.88. The Balaban J connectivity index is 1.86. The molecule has 0 saturated heterocycles. The molecule has 3 aromatic rings. The number of carbonyl (C=O) groups is 1. The van der Waals surface area contributed by atoms with E-state index >= 15 is 0 Å². The minimum atomic E-state index is -1.22. The van der Waals surface area contributed by atoms with Crippen molar-refractivity contribution >= 4 is 17.3 Å². The molecule has 180 valence electrons. The van der Waals surface area contributed by atoms with Crippen molar-refractivity contribution in [2.45, 2.75) is 38.8 Å². The number of methoxy groups -OCH3 is 1. The van der Waals surface area contributed by atoms with Crippen molar-refractivity contribution in [3.63, 3.8) is 0 Å². The van der Waals surface area contributed by atoms with Gasteiger partial charge >= 0.3 is 5.97 Å². The Bertz CT molecular complexity index is 1210. The molecule has 0 bridgehead atoms. The Hall–Kier alpha value is -2.94. The van der Waals surface area contributed by atoms with Crippen LogP contribution < -0.4 is 10.2 Å². The van der Waals surface area contributed by atoms with Crippen molar-refractivity contribution in [3.05, 3.63) is 63.3 Å². The minimum Gasteiger partial charge on any atom is -0.493 e. The first-order valence-electron chi connectivity index (χ1n) is 11.3. The van der Waals surface area contributed by atoms with Crippen molar-refractivity contribution in [2.75, 3.05) is 26.9 Å². The van der Waals surface area contributed by atoms with Crippen molar-refractivity contribution in [3.8, 4) is 27.4 Å². The standard InChI is InChI=1S/C26H29NO6S/c1-16(2)33-15-17-13-27-14-21(26(29)30)23(28)12-22(27)19-10-20(25-6-4-9-34-25)24(11-18(17)19)32-8-5-7-31-3/h4,6,9-12,14,16-17H,5,7-8,13,15H2,1-3H3,(H,29,30)/t17-/m1/s1. The molecule has 1 aliphatic heterocycles. The minimum absolute atomic E-state index is 0.0206. The third-order valence-corrected chi connectivity index (χ3v) is 6.71. The number of aromatic nitrogens is 1. The van der Waals surface area contributed by atoms with E-state index < -0.39 is 11.4 Å². The normalized spacial score (nSPS) is 14.6. The highest BCUT2D eigenvalue weighted by atomic mass is 32.1. The molecule has 0 fully saturated rings. The van der Waals surface area contributed by atoms with Crippen LogP contribution in [0.25, 0.3) is 21.7 Å². The summed E-state index contributed by atoms with van der Waals surface area (Å²) in [6.07, 6.45) is 2.28. The van der Waals surface area contributed by atoms with Gasteiger partial charge in [-0.05, 0) is 43.0 Å². The van der Waals surface area contributed by atoms with Gasteiger partial charge in [-0.1, -0.05) is 6.07 Å². The summed E-state index contributed by atoms with van der Waals surface area (Å²) in [6, 6.07) is 9.58. The maximum absolute atomic E-state index is 12.6. The zero-order valence-electron chi connectivity index (χ0n) is 19.6. The van der Waals surface area contributed by atoms with Gasteiger partial charge in [0.2, 0.25) is 0 Å². The second-order valence-corrected chi connectivity index (χ2v) is 9.53. The summed E-state index contributed by atoms with van der Waals surface area (Å²) >= 11 is 1.61. The van der Waals surface area contributed by atoms with Gasteiger partial charge in [0.1, 0.15) is 11.3 Å². The molecule has 0 radical (unpaired) electrons. The highest BCUT2D eigenvalue weighted by molar-refractivity contribution is 7.13. The number of ether oxygens (including phenoxy) is 3. The molecule has 4 rings (SSSR count). The topological polar surface area (TPSA) is 87.0 Å². The van der Waals surface area contributed by atoms with Gasteiger partial charge in [0, 0.05) is 60.9 Å². The average molecular weight is 484 g/mol. The van der Waals surface area contributed by atoms with Gasteiger partial charge in [-0.25, -0.2) is 4.79 Å². The number of thiophene rings is 1. The van der Waals surface area contributed by atoms with Gasteiger partial charge in [-0.3, -0.25) is 4.79 Å². The molecule has 0 saturated carbocycles. The summed E-state index contributed by atoms with van der Waals surface area (Å²) in [6.45, 7) is 6.10. The van der Waals surface area contributed by atoms with Gasteiger partial charge in [0.15, 0.2) is 5.43 Å². The number of carboxylic acids is 1. The molecule has 1 aromatic carbocycles. The van der Waals surface area contributed by atoms with Gasteiger partial charge in [0.25, 0.3) is 0 Å². The van der Waals surface area contributed by atoms with Crippen LogP contribution >= 0.6 is 11.3 Å². The van der Waals surface area contributed by atoms with E-state index in [0.29, 0.717) is 32.1 Å². The zero-order valence-corrected chi connectivity index (χ0v) is 20.4. The Kier molecular flexibility index (Phi) is 7.50. The summed E-state index contributed by atoms with van der Waals surface area (Å²) in [7, 11) is 1.67. The lowest BCUT2D eigenvalue weighted by atomic mass is 9.87. The van der Waals surface area contributed by atoms with Crippen molar-refractivity contribution < 1.29 is 24.1 Å². The fraction of sp³-hybridized carbons (Fsp3) is 0.385. The van der Waals surface area contributed by atoms with E-state index in [-0.39, 0.29) is 17.6 Å². The number of pyridine rings is 1. The lowest BCUT2D eigenvalue weighted by Gasteiger charge is -2.31. The molecule has 0 amide bonds. The molecule has 1 atom stereocenters. The maximum atomic E-state index is 12.6. The van der Waals surface area contributed by atoms with Gasteiger partial charge in [-0.2, -0.15) is 0 Å². The van der Waals surface area contributed by atoms with Crippen LogP contribution in [0.4, 0.5) is 0 Å². The number of benzene rings is 1. The molecule has 0 spiro atoms. The van der Waals surface area contributed by atoms with Crippen molar-refractivity contribution in [1.82, 2.24) is 4.57 Å². The number of carboxylic acid groups (broad SMARTS) is 1. The van der Waals surface area contributed by atoms with Crippen LogP contribution in [0.5, 0.6) is 5.75 Å². The Morgan fingerprint density at radius 2 is 2.06 bits per heavy atom. The number of nitrogens with zero attached hydrogens (tertiary/aromatic N) is 1. The summed E-state index contributed by atoms with van der Waals surface area (Å²) in [4.78, 5) is 25.2. The quantitative estimate of drug-likeness (QED) is 0.414. The molecule has 8 heteroatoms. The Morgan fingerprint density at radius 1 is 1.24 bits per heavy atom. The zero-order chi connectivity index (χ0) is 24.2. The van der Waals surface area contributed by atoms with E-state index in [1.54, 1.807) is 18.4 Å². The molecule has 0 aliphatic carbocycles. The van der Waals surface area contributed by atoms with E-state index in [2.05, 4.69) is 12.1 Å². The van der Waals surface area contributed by atoms with E-state index in [4.69, 9.17) is 14.2 Å². The fourth-order valence-corrected chi connectivity index (χ4v) is 4.94. The highest BCUT2D eigenvalue weighted by Crippen LogP contribution is 2.44. The molecular formula is C26H29NO6S. The van der Waals surface area contributed by atoms with Crippen LogP contribution in [-0.2, 0) is 16.0 Å². The fourth-order valence-electron chi connectivity index (χ4n) is 4.19. The van der Waals surface area contributed by atoms with E-state index in [0.717, 1.165) is 33.7 Å². The van der Waals surface area contributed by atoms with Crippen LogP contribution in [0.2, 0.25) is 0 Å².